The van der Waals surface area contributed by atoms with Crippen molar-refractivity contribution in [3.8, 4) is 5.75 Å². The quantitative estimate of drug-likeness (QED) is 0.843. The fourth-order valence-corrected chi connectivity index (χ4v) is 1.83. The van der Waals surface area contributed by atoms with Crippen LogP contribution in [0.2, 0.25) is 0 Å². The molecule has 0 aromatic heterocycles. The molecule has 2 rings (SSSR count). The second kappa shape index (κ2) is 3.43. The molecule has 1 atom stereocenters. The van der Waals surface area contributed by atoms with Gasteiger partial charge >= 0.3 is 5.97 Å². The summed E-state index contributed by atoms with van der Waals surface area (Å²) in [5.41, 5.74) is -1.07. The third kappa shape index (κ3) is 1.35. The topological polar surface area (TPSA) is 46.5 Å². The normalized spacial score (nSPS) is 22.7. The lowest BCUT2D eigenvalue weighted by Crippen LogP contribution is -2.42. The Balaban J connectivity index is 2.48. The fraction of sp³-hybridized carbons (Fsp3) is 0.364. The van der Waals surface area contributed by atoms with Gasteiger partial charge in [-0.3, -0.25) is 0 Å². The maximum atomic E-state index is 13.4. The largest absolute Gasteiger partial charge is 0.478 e. The van der Waals surface area contributed by atoms with Crippen LogP contribution in [-0.2, 0) is 11.2 Å². The van der Waals surface area contributed by atoms with Gasteiger partial charge in [-0.1, -0.05) is 13.0 Å². The van der Waals surface area contributed by atoms with Gasteiger partial charge in [0.25, 0.3) is 0 Å². The highest BCUT2D eigenvalue weighted by molar-refractivity contribution is 5.80. The number of benzene rings is 1. The Bertz CT molecular complexity index is 459. The molecule has 3 nitrogen and oxygen atoms in total. The molecule has 0 saturated heterocycles. The minimum atomic E-state index is -1.46. The Kier molecular flexibility index (Phi) is 2.33. The number of hydrogen-bond acceptors (Lipinski definition) is 2. The van der Waals surface area contributed by atoms with Crippen LogP contribution in [0.4, 0.5) is 8.78 Å². The lowest BCUT2D eigenvalue weighted by Gasteiger charge is -2.21. The molecule has 0 amide bonds. The summed E-state index contributed by atoms with van der Waals surface area (Å²) in [6.07, 6.45) is 0.253. The van der Waals surface area contributed by atoms with E-state index in [0.717, 1.165) is 6.07 Å². The molecule has 1 heterocycles. The highest BCUT2D eigenvalue weighted by atomic mass is 19.2. The number of carbonyl (C=O) groups is 1. The van der Waals surface area contributed by atoms with Crippen LogP contribution in [0, 0.1) is 11.6 Å². The van der Waals surface area contributed by atoms with Crippen LogP contribution in [0.5, 0.6) is 5.75 Å². The van der Waals surface area contributed by atoms with Gasteiger partial charge in [0.1, 0.15) is 0 Å². The van der Waals surface area contributed by atoms with Crippen molar-refractivity contribution in [2.45, 2.75) is 25.4 Å². The molecule has 1 aromatic rings. The van der Waals surface area contributed by atoms with Gasteiger partial charge in [-0.15, -0.1) is 0 Å². The summed E-state index contributed by atoms with van der Waals surface area (Å²) >= 11 is 0. The Morgan fingerprint density at radius 1 is 1.56 bits per heavy atom. The van der Waals surface area contributed by atoms with Crippen LogP contribution in [0.1, 0.15) is 18.9 Å². The number of aliphatic carboxylic acids is 1. The zero-order valence-electron chi connectivity index (χ0n) is 8.59. The zero-order valence-corrected chi connectivity index (χ0v) is 8.59. The van der Waals surface area contributed by atoms with E-state index in [1.54, 1.807) is 6.92 Å². The SMILES string of the molecule is CCC1(C(=O)O)Cc2ccc(F)c(F)c2O1. The summed E-state index contributed by atoms with van der Waals surface area (Å²) in [7, 11) is 0. The van der Waals surface area contributed by atoms with Gasteiger partial charge in [0.05, 0.1) is 0 Å². The molecule has 1 aromatic carbocycles. The monoisotopic (exact) mass is 228 g/mol. The van der Waals surface area contributed by atoms with Crippen molar-refractivity contribution >= 4 is 5.97 Å². The molecule has 1 aliphatic rings. The third-order valence-corrected chi connectivity index (χ3v) is 2.87. The van der Waals surface area contributed by atoms with E-state index in [1.165, 1.54) is 6.07 Å². The van der Waals surface area contributed by atoms with Gasteiger partial charge in [0.15, 0.2) is 11.6 Å². The summed E-state index contributed by atoms with van der Waals surface area (Å²) in [6, 6.07) is 2.33. The molecule has 0 saturated carbocycles. The van der Waals surface area contributed by atoms with Crippen LogP contribution in [0.15, 0.2) is 12.1 Å². The van der Waals surface area contributed by atoms with E-state index in [1.807, 2.05) is 0 Å². The number of halogens is 2. The number of rotatable bonds is 2. The molecule has 1 N–H and O–H groups in total. The minimum absolute atomic E-state index is 0.0609. The van der Waals surface area contributed by atoms with E-state index in [9.17, 15) is 13.6 Å². The van der Waals surface area contributed by atoms with E-state index in [4.69, 9.17) is 9.84 Å². The van der Waals surface area contributed by atoms with E-state index in [2.05, 4.69) is 0 Å². The first kappa shape index (κ1) is 10.9. The molecule has 1 aliphatic heterocycles. The average Bonchev–Trinajstić information content (AvgIpc) is 2.65. The predicted molar refractivity (Wildman–Crippen MR) is 51.3 cm³/mol. The molecule has 0 aliphatic carbocycles. The first-order chi connectivity index (χ1) is 7.50. The summed E-state index contributed by atoms with van der Waals surface area (Å²) < 4.78 is 31.4. The van der Waals surface area contributed by atoms with Crippen molar-refractivity contribution < 1.29 is 23.4 Å². The van der Waals surface area contributed by atoms with Gasteiger partial charge in [-0.05, 0) is 12.5 Å². The Morgan fingerprint density at radius 2 is 2.25 bits per heavy atom. The standard InChI is InChI=1S/C11H10F2O3/c1-2-11(10(14)15)5-6-3-4-7(12)8(13)9(6)16-11/h3-4H,2,5H2,1H3,(H,14,15). The van der Waals surface area contributed by atoms with Crippen LogP contribution < -0.4 is 4.74 Å². The Morgan fingerprint density at radius 3 is 2.81 bits per heavy atom. The van der Waals surface area contributed by atoms with E-state index < -0.39 is 23.2 Å². The summed E-state index contributed by atoms with van der Waals surface area (Å²) in [5.74, 6) is -3.58. The van der Waals surface area contributed by atoms with Gasteiger partial charge in [-0.2, -0.15) is 4.39 Å². The molecule has 86 valence electrons. The summed E-state index contributed by atoms with van der Waals surface area (Å²) in [6.45, 7) is 1.63. The molecule has 0 fully saturated rings. The van der Waals surface area contributed by atoms with Crippen molar-refractivity contribution in [2.75, 3.05) is 0 Å². The molecule has 16 heavy (non-hydrogen) atoms. The first-order valence-electron chi connectivity index (χ1n) is 4.89. The highest BCUT2D eigenvalue weighted by Gasteiger charge is 2.46. The van der Waals surface area contributed by atoms with E-state index in [-0.39, 0.29) is 18.6 Å². The number of ether oxygens (including phenoxy) is 1. The van der Waals surface area contributed by atoms with E-state index in [0.29, 0.717) is 5.56 Å². The smallest absolute Gasteiger partial charge is 0.348 e. The number of carboxylic acids is 1. The van der Waals surface area contributed by atoms with E-state index >= 15 is 0 Å². The average molecular weight is 228 g/mol. The third-order valence-electron chi connectivity index (χ3n) is 2.87. The van der Waals surface area contributed by atoms with Crippen LogP contribution in [-0.4, -0.2) is 16.7 Å². The highest BCUT2D eigenvalue weighted by Crippen LogP contribution is 2.39. The molecule has 5 heteroatoms. The van der Waals surface area contributed by atoms with Crippen molar-refractivity contribution in [3.63, 3.8) is 0 Å². The number of hydrogen-bond donors (Lipinski definition) is 1. The van der Waals surface area contributed by atoms with Crippen molar-refractivity contribution in [2.24, 2.45) is 0 Å². The lowest BCUT2D eigenvalue weighted by molar-refractivity contribution is -0.154. The second-order valence-corrected chi connectivity index (χ2v) is 3.78. The number of fused-ring (bicyclic) bond motifs is 1. The molecule has 0 bridgehead atoms. The molecular weight excluding hydrogens is 218 g/mol. The van der Waals surface area contributed by atoms with Crippen LogP contribution in [0.3, 0.4) is 0 Å². The van der Waals surface area contributed by atoms with Gasteiger partial charge < -0.3 is 9.84 Å². The lowest BCUT2D eigenvalue weighted by atomic mass is 9.94. The molecule has 0 radical (unpaired) electrons. The van der Waals surface area contributed by atoms with Gasteiger partial charge in [0, 0.05) is 12.0 Å². The van der Waals surface area contributed by atoms with Gasteiger partial charge in [0.2, 0.25) is 11.4 Å². The summed E-state index contributed by atoms with van der Waals surface area (Å²) in [4.78, 5) is 11.1. The maximum absolute atomic E-state index is 13.4. The predicted octanol–water partition coefficient (Wildman–Crippen LogP) is 2.13. The van der Waals surface area contributed by atoms with Gasteiger partial charge in [-0.25, -0.2) is 9.18 Å². The molecular formula is C11H10F2O3. The van der Waals surface area contributed by atoms with Crippen LogP contribution >= 0.6 is 0 Å². The maximum Gasteiger partial charge on any atom is 0.348 e. The first-order valence-corrected chi connectivity index (χ1v) is 4.89. The molecule has 0 spiro atoms. The van der Waals surface area contributed by atoms with Crippen LogP contribution in [0.25, 0.3) is 0 Å². The van der Waals surface area contributed by atoms with Crippen molar-refractivity contribution in [3.05, 3.63) is 29.3 Å². The Hall–Kier alpha value is -1.65. The van der Waals surface area contributed by atoms with Crippen molar-refractivity contribution in [1.82, 2.24) is 0 Å². The minimum Gasteiger partial charge on any atom is -0.478 e. The second-order valence-electron chi connectivity index (χ2n) is 3.78. The fourth-order valence-electron chi connectivity index (χ4n) is 1.83. The number of carboxylic acid groups (broad SMARTS) is 1. The Labute approximate surface area is 90.7 Å². The molecule has 1 unspecified atom stereocenters. The van der Waals surface area contributed by atoms with Crippen molar-refractivity contribution in [1.29, 1.82) is 0 Å². The zero-order chi connectivity index (χ0) is 11.9. The summed E-state index contributed by atoms with van der Waals surface area (Å²) in [5, 5.41) is 9.05.